The van der Waals surface area contributed by atoms with E-state index in [0.717, 1.165) is 16.5 Å². The van der Waals surface area contributed by atoms with Gasteiger partial charge in [-0.1, -0.05) is 41.4 Å². The number of hydrogen-bond acceptors (Lipinski definition) is 2. The largest absolute Gasteiger partial charge is 0.348 e. The first-order valence-electron chi connectivity index (χ1n) is 6.77. The molecule has 0 aliphatic rings. The first kappa shape index (κ1) is 16.7. The van der Waals surface area contributed by atoms with Gasteiger partial charge < -0.3 is 10.6 Å². The molecule has 0 spiro atoms. The van der Waals surface area contributed by atoms with Crippen LogP contribution in [0.4, 0.5) is 0 Å². The number of carbonyl (C=O) groups excluding carboxylic acids is 2. The van der Waals surface area contributed by atoms with Crippen LogP contribution in [0.25, 0.3) is 0 Å². The van der Waals surface area contributed by atoms with Crippen molar-refractivity contribution in [1.29, 1.82) is 0 Å². The van der Waals surface area contributed by atoms with Crippen LogP contribution in [-0.4, -0.2) is 17.9 Å². The predicted octanol–water partition coefficient (Wildman–Crippen LogP) is 2.93. The molecule has 1 aromatic rings. The van der Waals surface area contributed by atoms with Gasteiger partial charge in [-0.25, -0.2) is 0 Å². The Morgan fingerprint density at radius 2 is 1.80 bits per heavy atom. The third-order valence-electron chi connectivity index (χ3n) is 3.00. The molecule has 2 N–H and O–H groups in total. The average molecular weight is 341 g/mol. The average Bonchev–Trinajstić information content (AvgIpc) is 2.38. The Kier molecular flexibility index (Phi) is 6.71. The summed E-state index contributed by atoms with van der Waals surface area (Å²) in [6, 6.07) is 7.24. The lowest BCUT2D eigenvalue weighted by Gasteiger charge is -2.20. The summed E-state index contributed by atoms with van der Waals surface area (Å²) < 4.78 is 1.00. The summed E-state index contributed by atoms with van der Waals surface area (Å²) in [5.41, 5.74) is 1.03. The Labute approximate surface area is 128 Å². The van der Waals surface area contributed by atoms with Crippen LogP contribution in [0.15, 0.2) is 28.7 Å². The van der Waals surface area contributed by atoms with Crippen molar-refractivity contribution in [2.24, 2.45) is 0 Å². The summed E-state index contributed by atoms with van der Waals surface area (Å²) in [7, 11) is 0. The van der Waals surface area contributed by atoms with Gasteiger partial charge in [-0.15, -0.1) is 0 Å². The van der Waals surface area contributed by atoms with E-state index >= 15 is 0 Å². The van der Waals surface area contributed by atoms with Crippen LogP contribution in [0.1, 0.15) is 45.2 Å². The summed E-state index contributed by atoms with van der Waals surface area (Å²) in [6.07, 6.45) is 1.48. The molecule has 0 heterocycles. The van der Waals surface area contributed by atoms with E-state index in [9.17, 15) is 9.59 Å². The molecular formula is C15H21BrN2O2. The third kappa shape index (κ3) is 5.33. The van der Waals surface area contributed by atoms with E-state index in [0.29, 0.717) is 6.42 Å². The molecule has 0 radical (unpaired) electrons. The molecule has 4 nitrogen and oxygen atoms in total. The molecule has 0 aromatic heterocycles. The molecule has 2 unspecified atom stereocenters. The molecule has 2 atom stereocenters. The molecule has 20 heavy (non-hydrogen) atoms. The van der Waals surface area contributed by atoms with Crippen LogP contribution in [0.2, 0.25) is 0 Å². The van der Waals surface area contributed by atoms with E-state index < -0.39 is 6.04 Å². The molecule has 0 bridgehead atoms. The highest BCUT2D eigenvalue weighted by Crippen LogP contribution is 2.16. The molecule has 110 valence electrons. The van der Waals surface area contributed by atoms with E-state index in [1.807, 2.05) is 38.1 Å². The van der Waals surface area contributed by atoms with Crippen molar-refractivity contribution in [3.05, 3.63) is 34.3 Å². The number of halogens is 1. The fraction of sp³-hybridized carbons (Fsp3) is 0.467. The second-order valence-corrected chi connectivity index (χ2v) is 5.74. The Morgan fingerprint density at radius 1 is 1.20 bits per heavy atom. The summed E-state index contributed by atoms with van der Waals surface area (Å²) in [4.78, 5) is 23.3. The monoisotopic (exact) mass is 340 g/mol. The van der Waals surface area contributed by atoms with Crippen molar-refractivity contribution in [2.75, 3.05) is 0 Å². The number of carbonyl (C=O) groups is 2. The van der Waals surface area contributed by atoms with Gasteiger partial charge in [0, 0.05) is 11.4 Å². The van der Waals surface area contributed by atoms with Gasteiger partial charge in [0.25, 0.3) is 0 Å². The summed E-state index contributed by atoms with van der Waals surface area (Å²) in [5.74, 6) is -0.327. The second-order valence-electron chi connectivity index (χ2n) is 4.82. The fourth-order valence-electron chi connectivity index (χ4n) is 1.95. The van der Waals surface area contributed by atoms with Crippen molar-refractivity contribution in [3.8, 4) is 0 Å². The highest BCUT2D eigenvalue weighted by Gasteiger charge is 2.20. The van der Waals surface area contributed by atoms with Crippen molar-refractivity contribution in [3.63, 3.8) is 0 Å². The minimum Gasteiger partial charge on any atom is -0.348 e. The maximum atomic E-state index is 12.2. The van der Waals surface area contributed by atoms with Crippen LogP contribution >= 0.6 is 15.9 Å². The Morgan fingerprint density at radius 3 is 2.30 bits per heavy atom. The molecule has 0 aliphatic carbocycles. The number of amides is 2. The standard InChI is InChI=1S/C15H21BrN2O2/c1-4-5-14(18-11(3)19)15(20)17-10(2)12-6-8-13(16)9-7-12/h6-10,14H,4-5H2,1-3H3,(H,17,20)(H,18,19). The molecule has 0 saturated carbocycles. The van der Waals surface area contributed by atoms with Crippen LogP contribution in [0.5, 0.6) is 0 Å². The van der Waals surface area contributed by atoms with E-state index in [1.54, 1.807) is 0 Å². The fourth-order valence-corrected chi connectivity index (χ4v) is 2.22. The zero-order valence-corrected chi connectivity index (χ0v) is 13.7. The van der Waals surface area contributed by atoms with Crippen LogP contribution < -0.4 is 10.6 Å². The SMILES string of the molecule is CCCC(NC(C)=O)C(=O)NC(C)c1ccc(Br)cc1. The lowest BCUT2D eigenvalue weighted by molar-refractivity contribution is -0.128. The van der Waals surface area contributed by atoms with Gasteiger partial charge in [0.15, 0.2) is 0 Å². The summed E-state index contributed by atoms with van der Waals surface area (Å²) in [6.45, 7) is 5.34. The molecule has 0 saturated heterocycles. The second kappa shape index (κ2) is 8.04. The summed E-state index contributed by atoms with van der Waals surface area (Å²) >= 11 is 3.38. The highest BCUT2D eigenvalue weighted by molar-refractivity contribution is 9.10. The van der Waals surface area contributed by atoms with Crippen LogP contribution in [0, 0.1) is 0 Å². The minimum atomic E-state index is -0.463. The molecule has 1 rings (SSSR count). The molecule has 0 fully saturated rings. The first-order valence-corrected chi connectivity index (χ1v) is 7.56. The van der Waals surface area contributed by atoms with Gasteiger partial charge in [-0.3, -0.25) is 9.59 Å². The van der Waals surface area contributed by atoms with Gasteiger partial charge in [0.2, 0.25) is 11.8 Å². The molecule has 0 aliphatic heterocycles. The molecule has 5 heteroatoms. The maximum absolute atomic E-state index is 12.2. The van der Waals surface area contributed by atoms with Crippen molar-refractivity contribution >= 4 is 27.7 Å². The predicted molar refractivity (Wildman–Crippen MR) is 83.2 cm³/mol. The minimum absolute atomic E-state index is 0.0938. The Balaban J connectivity index is 2.66. The topological polar surface area (TPSA) is 58.2 Å². The summed E-state index contributed by atoms with van der Waals surface area (Å²) in [5, 5.41) is 5.62. The Bertz CT molecular complexity index is 459. The van der Waals surface area contributed by atoms with E-state index in [4.69, 9.17) is 0 Å². The lowest BCUT2D eigenvalue weighted by atomic mass is 10.1. The molecule has 2 amide bonds. The Hall–Kier alpha value is -1.36. The van der Waals surface area contributed by atoms with Gasteiger partial charge in [0.05, 0.1) is 6.04 Å². The van der Waals surface area contributed by atoms with Gasteiger partial charge in [-0.2, -0.15) is 0 Å². The van der Waals surface area contributed by atoms with E-state index in [1.165, 1.54) is 6.92 Å². The number of hydrogen-bond donors (Lipinski definition) is 2. The maximum Gasteiger partial charge on any atom is 0.243 e. The van der Waals surface area contributed by atoms with Gasteiger partial charge in [-0.05, 0) is 31.0 Å². The zero-order chi connectivity index (χ0) is 15.1. The van der Waals surface area contributed by atoms with Gasteiger partial charge in [0.1, 0.15) is 6.04 Å². The van der Waals surface area contributed by atoms with Crippen molar-refractivity contribution < 1.29 is 9.59 Å². The van der Waals surface area contributed by atoms with Crippen LogP contribution in [-0.2, 0) is 9.59 Å². The third-order valence-corrected chi connectivity index (χ3v) is 3.53. The number of rotatable bonds is 6. The molecule has 1 aromatic carbocycles. The zero-order valence-electron chi connectivity index (χ0n) is 12.1. The normalized spacial score (nSPS) is 13.4. The van der Waals surface area contributed by atoms with E-state index in [2.05, 4.69) is 26.6 Å². The highest BCUT2D eigenvalue weighted by atomic mass is 79.9. The number of nitrogens with one attached hydrogen (secondary N) is 2. The lowest BCUT2D eigenvalue weighted by Crippen LogP contribution is -2.46. The van der Waals surface area contributed by atoms with Crippen molar-refractivity contribution in [1.82, 2.24) is 10.6 Å². The van der Waals surface area contributed by atoms with Crippen LogP contribution in [0.3, 0.4) is 0 Å². The molecular weight excluding hydrogens is 320 g/mol. The smallest absolute Gasteiger partial charge is 0.243 e. The van der Waals surface area contributed by atoms with Crippen molar-refractivity contribution in [2.45, 2.75) is 45.7 Å². The van der Waals surface area contributed by atoms with Gasteiger partial charge >= 0.3 is 0 Å². The number of benzene rings is 1. The van der Waals surface area contributed by atoms with E-state index in [-0.39, 0.29) is 17.9 Å². The first-order chi connectivity index (χ1) is 9.43. The quantitative estimate of drug-likeness (QED) is 0.836.